The molecule has 0 N–H and O–H groups in total. The summed E-state index contributed by atoms with van der Waals surface area (Å²) in [6, 6.07) is 57.6. The molecule has 8 aromatic carbocycles. The number of nitriles is 2. The topological polar surface area (TPSA) is 87.0 Å². The van der Waals surface area contributed by atoms with E-state index in [4.69, 9.17) is 13.3 Å². The van der Waals surface area contributed by atoms with Crippen LogP contribution in [0.2, 0.25) is 0 Å². The van der Waals surface area contributed by atoms with Gasteiger partial charge in [0.1, 0.15) is 39.6 Å². The van der Waals surface area contributed by atoms with Crippen molar-refractivity contribution in [2.24, 2.45) is 0 Å². The summed E-state index contributed by atoms with van der Waals surface area (Å²) in [5.74, 6) is 0. The monoisotopic (exact) mass is 702 g/mol. The highest BCUT2D eigenvalue weighted by Gasteiger charge is 2.20. The Morgan fingerprint density at radius 2 is 0.927 bits per heavy atom. The van der Waals surface area contributed by atoms with E-state index in [1.165, 1.54) is 0 Å². The van der Waals surface area contributed by atoms with Gasteiger partial charge in [-0.3, -0.25) is 0 Å². The zero-order valence-electron chi connectivity index (χ0n) is 29.1. The average molecular weight is 703 g/mol. The molecule has 11 rings (SSSR count). The Balaban J connectivity index is 1.13. The quantitative estimate of drug-likeness (QED) is 0.182. The number of hydrogen-bond acceptors (Lipinski definition) is 5. The average Bonchev–Trinajstić information content (AvgIpc) is 3.93. The lowest BCUT2D eigenvalue weighted by atomic mass is 9.87. The molecule has 3 aromatic heterocycles. The molecule has 0 bridgehead atoms. The Morgan fingerprint density at radius 1 is 0.327 bits per heavy atom. The van der Waals surface area contributed by atoms with Crippen LogP contribution in [0.5, 0.6) is 0 Å². The lowest BCUT2D eigenvalue weighted by Gasteiger charge is -2.15. The van der Waals surface area contributed by atoms with Crippen LogP contribution in [-0.2, 0) is 0 Å². The lowest BCUT2D eigenvalue weighted by Crippen LogP contribution is -1.93. The molecule has 11 aromatic rings. The lowest BCUT2D eigenvalue weighted by molar-refractivity contribution is 0.668. The third-order valence-corrected chi connectivity index (χ3v) is 10.8. The van der Waals surface area contributed by atoms with Crippen molar-refractivity contribution in [3.05, 3.63) is 169 Å². The molecule has 0 saturated heterocycles. The summed E-state index contributed by atoms with van der Waals surface area (Å²) < 4.78 is 18.9. The summed E-state index contributed by atoms with van der Waals surface area (Å²) in [6.07, 6.45) is 0. The van der Waals surface area contributed by atoms with E-state index < -0.39 is 0 Å². The summed E-state index contributed by atoms with van der Waals surface area (Å²) in [7, 11) is 0. The second-order valence-corrected chi connectivity index (χ2v) is 13.9. The minimum absolute atomic E-state index is 0.593. The Morgan fingerprint density at radius 3 is 1.73 bits per heavy atom. The maximum atomic E-state index is 10.8. The minimum Gasteiger partial charge on any atom is -0.456 e. The van der Waals surface area contributed by atoms with E-state index in [2.05, 4.69) is 72.8 Å². The summed E-state index contributed by atoms with van der Waals surface area (Å²) in [5, 5.41) is 26.3. The summed E-state index contributed by atoms with van der Waals surface area (Å²) in [4.78, 5) is 0. The van der Waals surface area contributed by atoms with E-state index in [1.54, 1.807) is 6.07 Å². The first-order valence-corrected chi connectivity index (χ1v) is 18.0. The molecule has 254 valence electrons. The molecule has 0 atom stereocenters. The van der Waals surface area contributed by atoms with Gasteiger partial charge in [0, 0.05) is 43.4 Å². The van der Waals surface area contributed by atoms with Crippen LogP contribution < -0.4 is 0 Å². The summed E-state index contributed by atoms with van der Waals surface area (Å²) in [6.45, 7) is 0. The number of furan rings is 3. The molecule has 0 aliphatic rings. The van der Waals surface area contributed by atoms with Gasteiger partial charge in [-0.1, -0.05) is 78.9 Å². The van der Waals surface area contributed by atoms with Crippen LogP contribution in [0.1, 0.15) is 11.1 Å². The largest absolute Gasteiger partial charge is 0.456 e. The predicted molar refractivity (Wildman–Crippen MR) is 219 cm³/mol. The van der Waals surface area contributed by atoms with E-state index in [9.17, 15) is 10.5 Å². The molecule has 0 saturated carbocycles. The maximum absolute atomic E-state index is 10.8. The Bertz CT molecular complexity index is 3460. The molecule has 0 aliphatic carbocycles. The molecule has 5 heteroatoms. The summed E-state index contributed by atoms with van der Waals surface area (Å²) >= 11 is 0. The zero-order valence-corrected chi connectivity index (χ0v) is 29.1. The Labute approximate surface area is 314 Å². The SMILES string of the molecule is N#Cc1ccc2oc3ccc(-c4ccc5oc6cccc(-c7cc(-c8ccccc8)c(C#N)c(-c8ccc9c(c8)oc8ccccc89)c7)c6c5c4)cc3c2c1. The fraction of sp³-hybridized carbons (Fsp3) is 0. The van der Waals surface area contributed by atoms with Gasteiger partial charge < -0.3 is 13.3 Å². The van der Waals surface area contributed by atoms with Crippen molar-refractivity contribution in [1.29, 1.82) is 10.5 Å². The van der Waals surface area contributed by atoms with Gasteiger partial charge in [-0.2, -0.15) is 10.5 Å². The van der Waals surface area contributed by atoms with E-state index in [-0.39, 0.29) is 0 Å². The normalized spacial score (nSPS) is 11.6. The van der Waals surface area contributed by atoms with Crippen LogP contribution in [-0.4, -0.2) is 0 Å². The highest BCUT2D eigenvalue weighted by molar-refractivity contribution is 6.14. The highest BCUT2D eigenvalue weighted by atomic mass is 16.3. The van der Waals surface area contributed by atoms with Gasteiger partial charge in [0.2, 0.25) is 0 Å². The van der Waals surface area contributed by atoms with Crippen LogP contribution in [0.25, 0.3) is 110 Å². The molecule has 5 nitrogen and oxygen atoms in total. The minimum atomic E-state index is 0.593. The van der Waals surface area contributed by atoms with Crippen molar-refractivity contribution >= 4 is 65.8 Å². The number of benzene rings is 8. The fourth-order valence-corrected chi connectivity index (χ4v) is 8.16. The number of para-hydroxylation sites is 1. The second kappa shape index (κ2) is 11.8. The number of hydrogen-bond donors (Lipinski definition) is 0. The first-order valence-electron chi connectivity index (χ1n) is 18.0. The Hall–Kier alpha value is -7.86. The third kappa shape index (κ3) is 4.78. The molecule has 0 radical (unpaired) electrons. The van der Waals surface area contributed by atoms with E-state index in [1.807, 2.05) is 91.0 Å². The highest BCUT2D eigenvalue weighted by Crippen LogP contribution is 2.44. The molecule has 0 fully saturated rings. The van der Waals surface area contributed by atoms with Crippen molar-refractivity contribution < 1.29 is 13.3 Å². The number of rotatable bonds is 4. The van der Waals surface area contributed by atoms with Gasteiger partial charge in [0.05, 0.1) is 17.2 Å². The molecular weight excluding hydrogens is 677 g/mol. The van der Waals surface area contributed by atoms with Crippen LogP contribution >= 0.6 is 0 Å². The van der Waals surface area contributed by atoms with Gasteiger partial charge in [-0.25, -0.2) is 0 Å². The van der Waals surface area contributed by atoms with Gasteiger partial charge >= 0.3 is 0 Å². The van der Waals surface area contributed by atoms with Crippen molar-refractivity contribution in [3.63, 3.8) is 0 Å². The second-order valence-electron chi connectivity index (χ2n) is 13.9. The van der Waals surface area contributed by atoms with Crippen molar-refractivity contribution in [3.8, 4) is 56.6 Å². The predicted octanol–water partition coefficient (Wildman–Crippen LogP) is 13.8. The van der Waals surface area contributed by atoms with Crippen LogP contribution in [0.4, 0.5) is 0 Å². The van der Waals surface area contributed by atoms with Gasteiger partial charge in [0.15, 0.2) is 0 Å². The number of nitrogens with zero attached hydrogens (tertiary/aromatic N) is 2. The smallest absolute Gasteiger partial charge is 0.136 e. The molecular formula is C50H26N2O3. The van der Waals surface area contributed by atoms with Crippen molar-refractivity contribution in [2.75, 3.05) is 0 Å². The Kier molecular flexibility index (Phi) is 6.61. The molecule has 3 heterocycles. The van der Waals surface area contributed by atoms with Crippen LogP contribution in [0.15, 0.2) is 171 Å². The molecule has 0 amide bonds. The summed E-state index contributed by atoms with van der Waals surface area (Å²) in [5.41, 5.74) is 13.5. The third-order valence-electron chi connectivity index (χ3n) is 10.8. The van der Waals surface area contributed by atoms with E-state index in [0.717, 1.165) is 110 Å². The zero-order chi connectivity index (χ0) is 36.6. The molecule has 0 spiro atoms. The van der Waals surface area contributed by atoms with Crippen LogP contribution in [0, 0.1) is 22.7 Å². The fourth-order valence-electron chi connectivity index (χ4n) is 8.16. The molecule has 0 aliphatic heterocycles. The standard InChI is InChI=1S/C50H26N2O3/c51-27-29-13-18-45-40(21-29)41-22-31(15-19-46(41)53-45)32-16-20-47-42(23-32)50-35(10-6-12-48(50)54-47)34-24-38(30-7-2-1-3-8-30)43(28-52)39(25-34)33-14-17-37-36-9-4-5-11-44(36)55-49(37)26-33/h1-26H. The van der Waals surface area contributed by atoms with Gasteiger partial charge in [0.25, 0.3) is 0 Å². The van der Waals surface area contributed by atoms with Gasteiger partial charge in [-0.15, -0.1) is 0 Å². The van der Waals surface area contributed by atoms with E-state index in [0.29, 0.717) is 11.1 Å². The number of fused-ring (bicyclic) bond motifs is 9. The van der Waals surface area contributed by atoms with Crippen LogP contribution in [0.3, 0.4) is 0 Å². The van der Waals surface area contributed by atoms with Crippen molar-refractivity contribution in [1.82, 2.24) is 0 Å². The first kappa shape index (κ1) is 30.7. The maximum Gasteiger partial charge on any atom is 0.136 e. The molecule has 55 heavy (non-hydrogen) atoms. The van der Waals surface area contributed by atoms with E-state index >= 15 is 0 Å². The van der Waals surface area contributed by atoms with Crippen molar-refractivity contribution in [2.45, 2.75) is 0 Å². The molecule has 0 unspecified atom stereocenters. The first-order chi connectivity index (χ1) is 27.1. The van der Waals surface area contributed by atoms with Gasteiger partial charge in [-0.05, 0) is 112 Å².